The molecule has 2 rings (SSSR count). The van der Waals surface area contributed by atoms with Crippen molar-refractivity contribution in [2.24, 2.45) is 0 Å². The fraction of sp³-hybridized carbons (Fsp3) is 0.882. The monoisotopic (exact) mass is 945 g/mol. The molecule has 4 unspecified atom stereocenters. The lowest BCUT2D eigenvalue weighted by molar-refractivity contribution is -0.332. The number of hydrogen-bond acceptors (Lipinski definition) is 15. The summed E-state index contributed by atoms with van der Waals surface area (Å²) in [6, 6.07) is 0. The van der Waals surface area contributed by atoms with E-state index in [1.165, 1.54) is 116 Å². The first-order valence-electron chi connectivity index (χ1n) is 25.9. The van der Waals surface area contributed by atoms with Gasteiger partial charge in [0.05, 0.1) is 19.8 Å². The highest BCUT2D eigenvalue weighted by molar-refractivity contribution is 5.70. The summed E-state index contributed by atoms with van der Waals surface area (Å²) < 4.78 is 33.5. The van der Waals surface area contributed by atoms with E-state index in [1.54, 1.807) is 0 Å². The largest absolute Gasteiger partial charge is 0.462 e. The number of unbranched alkanes of at least 4 members (excludes halogenated alkanes) is 22. The molecule has 0 aliphatic carbocycles. The smallest absolute Gasteiger partial charge is 0.306 e. The molecule has 2 aliphatic rings. The average molecular weight is 945 g/mol. The number of aliphatic hydroxyl groups excluding tert-OH is 7. The Bertz CT molecular complexity index is 1250. The maximum atomic E-state index is 13.0. The summed E-state index contributed by atoms with van der Waals surface area (Å²) in [7, 11) is 0. The summed E-state index contributed by atoms with van der Waals surface area (Å²) in [5, 5.41) is 72.0. The molecule has 0 amide bonds. The Labute approximate surface area is 396 Å². The molecule has 0 bridgehead atoms. The zero-order valence-corrected chi connectivity index (χ0v) is 40.7. The number of allylic oxidation sites excluding steroid dienone is 4. The zero-order valence-electron chi connectivity index (χ0n) is 40.7. The van der Waals surface area contributed by atoms with Gasteiger partial charge in [0, 0.05) is 12.8 Å². The highest BCUT2D eigenvalue weighted by Gasteiger charge is 2.47. The molecule has 0 aromatic rings. The number of ether oxygens (including phenoxy) is 6. The Kier molecular flexibility index (Phi) is 35.3. The van der Waals surface area contributed by atoms with Crippen molar-refractivity contribution in [1.82, 2.24) is 0 Å². The highest BCUT2D eigenvalue weighted by atomic mass is 16.7. The van der Waals surface area contributed by atoms with Gasteiger partial charge in [0.1, 0.15) is 55.4 Å². The molecular weight excluding hydrogens is 853 g/mol. The lowest BCUT2D eigenvalue weighted by Crippen LogP contribution is -2.61. The van der Waals surface area contributed by atoms with Crippen molar-refractivity contribution in [3.8, 4) is 0 Å². The summed E-state index contributed by atoms with van der Waals surface area (Å²) in [4.78, 5) is 25.7. The van der Waals surface area contributed by atoms with Crippen LogP contribution in [0.3, 0.4) is 0 Å². The summed E-state index contributed by atoms with van der Waals surface area (Å²) in [5.41, 5.74) is 0. The molecule has 0 radical (unpaired) electrons. The standard InChI is InChI=1S/C51H92O15/c1-3-5-7-9-11-13-15-17-19-21-23-25-27-29-31-33-42(53)61-36-39(64-43(54)34-32-30-28-26-24-22-20-18-16-14-12-10-8-6-4-2)37-62-50-49(60)47(58)45(56)41(66-50)38-63-51-48(59)46(57)44(55)40(35-52)65-51/h23-26,39-41,44-52,55-60H,3-22,27-38H2,1-2H3/b25-23+,26-24+/t39-,40-,41-,44+,45+,46?,47?,48?,49?,50-,51-/m1/s1. The van der Waals surface area contributed by atoms with E-state index in [4.69, 9.17) is 28.4 Å². The zero-order chi connectivity index (χ0) is 48.2. The van der Waals surface area contributed by atoms with E-state index in [2.05, 4.69) is 38.2 Å². The normalized spacial score (nSPS) is 26.3. The third kappa shape index (κ3) is 26.7. The van der Waals surface area contributed by atoms with Gasteiger partial charge >= 0.3 is 11.9 Å². The van der Waals surface area contributed by atoms with Gasteiger partial charge < -0.3 is 64.2 Å². The second-order valence-electron chi connectivity index (χ2n) is 18.3. The van der Waals surface area contributed by atoms with E-state index >= 15 is 0 Å². The van der Waals surface area contributed by atoms with Gasteiger partial charge in [-0.1, -0.05) is 141 Å². The summed E-state index contributed by atoms with van der Waals surface area (Å²) in [6.07, 6.45) is 22.1. The lowest BCUT2D eigenvalue weighted by atomic mass is 9.98. The second-order valence-corrected chi connectivity index (χ2v) is 18.3. The molecular formula is C51H92O15. The van der Waals surface area contributed by atoms with Gasteiger partial charge in [-0.05, 0) is 64.2 Å². The summed E-state index contributed by atoms with van der Waals surface area (Å²) in [5.74, 6) is -0.972. The molecule has 2 saturated heterocycles. The SMILES string of the molecule is CCCCCCCCCCC/C=C/CCCCC(=O)OC[C@H](CO[C@@H]1O[C@H](CO[C@@H]2O[C@H](CO)[C@H](O)C(O)C2O)[C@H](O)C(O)C1O)OC(=O)CCCC/C=C/CCCCCCCCCCC. The quantitative estimate of drug-likeness (QED) is 0.0184. The molecule has 2 aliphatic heterocycles. The minimum absolute atomic E-state index is 0.133. The van der Waals surface area contributed by atoms with E-state index in [-0.39, 0.29) is 19.4 Å². The van der Waals surface area contributed by atoms with Crippen molar-refractivity contribution in [2.45, 2.75) is 261 Å². The number of hydrogen-bond donors (Lipinski definition) is 7. The fourth-order valence-electron chi connectivity index (χ4n) is 8.09. The van der Waals surface area contributed by atoms with Crippen molar-refractivity contribution in [2.75, 3.05) is 26.4 Å². The van der Waals surface area contributed by atoms with Crippen molar-refractivity contribution in [3.05, 3.63) is 24.3 Å². The summed E-state index contributed by atoms with van der Waals surface area (Å²) in [6.45, 7) is 2.55. The second kappa shape index (κ2) is 38.8. The topological polar surface area (TPSA) is 231 Å². The third-order valence-corrected chi connectivity index (χ3v) is 12.4. The van der Waals surface area contributed by atoms with Crippen LogP contribution in [0.2, 0.25) is 0 Å². The molecule has 0 aromatic carbocycles. The van der Waals surface area contributed by atoms with Crippen LogP contribution in [0.15, 0.2) is 24.3 Å². The maximum absolute atomic E-state index is 13.0. The van der Waals surface area contributed by atoms with Crippen molar-refractivity contribution < 1.29 is 73.8 Å². The van der Waals surface area contributed by atoms with Crippen LogP contribution < -0.4 is 0 Å². The molecule has 15 nitrogen and oxygen atoms in total. The van der Waals surface area contributed by atoms with Gasteiger partial charge in [0.25, 0.3) is 0 Å². The van der Waals surface area contributed by atoms with Crippen LogP contribution in [-0.2, 0) is 38.0 Å². The molecule has 386 valence electrons. The Morgan fingerprint density at radius 1 is 0.470 bits per heavy atom. The predicted molar refractivity (Wildman–Crippen MR) is 252 cm³/mol. The van der Waals surface area contributed by atoms with Gasteiger partial charge in [-0.3, -0.25) is 9.59 Å². The number of carbonyl (C=O) groups is 2. The highest BCUT2D eigenvalue weighted by Crippen LogP contribution is 2.26. The van der Waals surface area contributed by atoms with Crippen LogP contribution in [0.4, 0.5) is 0 Å². The van der Waals surface area contributed by atoms with Crippen LogP contribution in [0.25, 0.3) is 0 Å². The van der Waals surface area contributed by atoms with Gasteiger partial charge in [-0.15, -0.1) is 0 Å². The van der Waals surface area contributed by atoms with E-state index in [0.29, 0.717) is 12.8 Å². The fourth-order valence-corrected chi connectivity index (χ4v) is 8.09. The van der Waals surface area contributed by atoms with Crippen LogP contribution in [0, 0.1) is 0 Å². The van der Waals surface area contributed by atoms with E-state index in [0.717, 1.165) is 38.5 Å². The Morgan fingerprint density at radius 2 is 0.864 bits per heavy atom. The van der Waals surface area contributed by atoms with Crippen LogP contribution >= 0.6 is 0 Å². The molecule has 66 heavy (non-hydrogen) atoms. The van der Waals surface area contributed by atoms with Crippen LogP contribution in [-0.4, -0.2) is 142 Å². The molecule has 11 atom stereocenters. The third-order valence-electron chi connectivity index (χ3n) is 12.4. The number of rotatable bonds is 40. The van der Waals surface area contributed by atoms with Gasteiger partial charge in [0.15, 0.2) is 18.7 Å². The van der Waals surface area contributed by atoms with Gasteiger partial charge in [-0.2, -0.15) is 0 Å². The van der Waals surface area contributed by atoms with E-state index < -0.39 is 99.3 Å². The first kappa shape index (κ1) is 60.1. The Balaban J connectivity index is 1.83. The molecule has 2 heterocycles. The summed E-state index contributed by atoms with van der Waals surface area (Å²) >= 11 is 0. The minimum Gasteiger partial charge on any atom is -0.462 e. The number of carbonyl (C=O) groups excluding carboxylic acids is 2. The van der Waals surface area contributed by atoms with E-state index in [9.17, 15) is 45.3 Å². The van der Waals surface area contributed by atoms with Crippen LogP contribution in [0.5, 0.6) is 0 Å². The molecule has 2 fully saturated rings. The van der Waals surface area contributed by atoms with Crippen molar-refractivity contribution >= 4 is 11.9 Å². The number of esters is 2. The lowest BCUT2D eigenvalue weighted by Gasteiger charge is -2.42. The van der Waals surface area contributed by atoms with Gasteiger partial charge in [-0.25, -0.2) is 0 Å². The molecule has 15 heteroatoms. The van der Waals surface area contributed by atoms with Gasteiger partial charge in [0.2, 0.25) is 0 Å². The molecule has 0 aromatic heterocycles. The molecule has 0 spiro atoms. The Hall–Kier alpha value is -2.02. The first-order valence-corrected chi connectivity index (χ1v) is 25.9. The maximum Gasteiger partial charge on any atom is 0.306 e. The predicted octanol–water partition coefficient (Wildman–Crippen LogP) is 7.16. The molecule has 7 N–H and O–H groups in total. The molecule has 0 saturated carbocycles. The minimum atomic E-state index is -1.77. The number of aliphatic hydroxyl groups is 7. The average Bonchev–Trinajstić information content (AvgIpc) is 3.31. The van der Waals surface area contributed by atoms with Crippen molar-refractivity contribution in [1.29, 1.82) is 0 Å². The van der Waals surface area contributed by atoms with Crippen LogP contribution in [0.1, 0.15) is 194 Å². The van der Waals surface area contributed by atoms with E-state index in [1.807, 2.05) is 0 Å². The first-order chi connectivity index (χ1) is 32.0. The van der Waals surface area contributed by atoms with Crippen molar-refractivity contribution in [3.63, 3.8) is 0 Å². The Morgan fingerprint density at radius 3 is 1.33 bits per heavy atom.